The molecule has 0 aromatic heterocycles. The van der Waals surface area contributed by atoms with Gasteiger partial charge in [0.2, 0.25) is 0 Å². The smallest absolute Gasteiger partial charge is 1.00 e. The quantitative estimate of drug-likeness (QED) is 0.213. The Kier molecular flexibility index (Phi) is 11.6. The van der Waals surface area contributed by atoms with Gasteiger partial charge in [0.15, 0.2) is 0 Å². The minimum absolute atomic E-state index is 0. The van der Waals surface area contributed by atoms with Crippen molar-refractivity contribution in [2.24, 2.45) is 0 Å². The molecule has 0 bridgehead atoms. The maximum Gasteiger partial charge on any atom is -1.00 e. The van der Waals surface area contributed by atoms with E-state index in [2.05, 4.69) is 178 Å². The molecule has 0 saturated carbocycles. The van der Waals surface area contributed by atoms with Crippen LogP contribution in [0.1, 0.15) is 96.1 Å². The summed E-state index contributed by atoms with van der Waals surface area (Å²) < 4.78 is 5.95. The molecule has 0 amide bonds. The topological polar surface area (TPSA) is 0 Å². The average Bonchev–Trinajstić information content (AvgIpc) is 3.57. The summed E-state index contributed by atoms with van der Waals surface area (Å²) in [6.07, 6.45) is 8.22. The van der Waals surface area contributed by atoms with E-state index < -0.39 is 21.0 Å². The molecule has 2 aliphatic carbocycles. The molecule has 4 aromatic carbocycles. The van der Waals surface area contributed by atoms with E-state index in [1.54, 1.807) is 17.7 Å². The van der Waals surface area contributed by atoms with Gasteiger partial charge in [0, 0.05) is 0 Å². The molecule has 0 heterocycles. The number of allylic oxidation sites excluding steroid dienone is 4. The standard InChI is InChI=1S/C23H29.C13H8Br2.C5H5.2ClH.Hf/c1-14-9-16-11-17-10-15(2)21(23(6,7)8)13-19(17)18(16)12-20(14)22(3,4)5;14-12-5-1-10(2-6-12)9-11-3-7-13(15)8-4-11;1-2-4-5-3-1;;;/h9-13H,1-8H3;1-8H;1-3H,4H2;2*1H;/q;;;;;+2/p-2. The summed E-state index contributed by atoms with van der Waals surface area (Å²) in [5.74, 6) is 0. The van der Waals surface area contributed by atoms with Crippen LogP contribution < -0.4 is 24.8 Å². The normalized spacial score (nSPS) is 13.6. The third-order valence-corrected chi connectivity index (χ3v) is 22.5. The molecule has 0 fully saturated rings. The molecular weight excluding hydrogens is 902 g/mol. The zero-order valence-corrected chi connectivity index (χ0v) is 36.2. The first-order valence-electron chi connectivity index (χ1n) is 15.7. The second-order valence-electron chi connectivity index (χ2n) is 14.6. The summed E-state index contributed by atoms with van der Waals surface area (Å²) in [4.78, 5) is 0. The predicted octanol–water partition coefficient (Wildman–Crippen LogP) is 6.23. The van der Waals surface area contributed by atoms with Crippen molar-refractivity contribution in [3.63, 3.8) is 0 Å². The predicted molar refractivity (Wildman–Crippen MR) is 194 cm³/mol. The molecule has 0 radical (unpaired) electrons. The van der Waals surface area contributed by atoms with Crippen molar-refractivity contribution >= 4 is 35.1 Å². The van der Waals surface area contributed by atoms with Crippen LogP contribution in [0.5, 0.6) is 0 Å². The van der Waals surface area contributed by atoms with Crippen LogP contribution in [-0.4, -0.2) is 3.26 Å². The first kappa shape index (κ1) is 37.5. The Hall–Kier alpha value is -1.36. The zero-order chi connectivity index (χ0) is 31.6. The molecule has 238 valence electrons. The Morgan fingerprint density at radius 3 is 1.41 bits per heavy atom. The van der Waals surface area contributed by atoms with Gasteiger partial charge in [0.1, 0.15) is 0 Å². The maximum atomic E-state index is 3.71. The molecule has 2 aliphatic rings. The van der Waals surface area contributed by atoms with Crippen LogP contribution in [0.25, 0.3) is 11.1 Å². The van der Waals surface area contributed by atoms with E-state index in [0.717, 1.165) is 15.4 Å². The summed E-state index contributed by atoms with van der Waals surface area (Å²) in [5, 5.41) is 0. The van der Waals surface area contributed by atoms with Gasteiger partial charge in [-0.1, -0.05) is 0 Å². The number of aryl methyl sites for hydroxylation is 2. The van der Waals surface area contributed by atoms with Crippen molar-refractivity contribution in [2.45, 2.75) is 76.3 Å². The number of rotatable bonds is 4. The molecule has 0 saturated heterocycles. The van der Waals surface area contributed by atoms with Crippen molar-refractivity contribution in [3.05, 3.63) is 148 Å². The third-order valence-electron chi connectivity index (χ3n) is 9.26. The maximum absolute atomic E-state index is 3.71. The number of halogens is 4. The van der Waals surface area contributed by atoms with E-state index in [9.17, 15) is 0 Å². The number of hydrogen-bond acceptors (Lipinski definition) is 0. The zero-order valence-electron chi connectivity index (χ0n) is 28.0. The Bertz CT molecular complexity index is 1750. The van der Waals surface area contributed by atoms with Gasteiger partial charge in [-0.05, 0) is 0 Å². The van der Waals surface area contributed by atoms with E-state index in [4.69, 9.17) is 0 Å². The van der Waals surface area contributed by atoms with Crippen molar-refractivity contribution in [1.82, 2.24) is 0 Å². The molecule has 0 aliphatic heterocycles. The SMILES string of the molecule is Cc1cc2c(cc1C(C)(C)C)-c1cc(C(C)(C)C)c(C)cc1[CH]2[Hf+2]([C]1=CC=CC1)=[C](c1ccc(Br)cc1)c1ccc(Br)cc1.[Cl-].[Cl-]. The van der Waals surface area contributed by atoms with E-state index in [-0.39, 0.29) is 35.6 Å². The van der Waals surface area contributed by atoms with E-state index >= 15 is 0 Å². The second kappa shape index (κ2) is 14.2. The van der Waals surface area contributed by atoms with Gasteiger partial charge in [-0.25, -0.2) is 0 Å². The van der Waals surface area contributed by atoms with E-state index in [1.807, 2.05) is 0 Å². The first-order chi connectivity index (χ1) is 20.7. The van der Waals surface area contributed by atoms with Crippen LogP contribution in [0.4, 0.5) is 0 Å². The molecule has 4 aromatic rings. The van der Waals surface area contributed by atoms with E-state index in [1.165, 1.54) is 44.5 Å². The van der Waals surface area contributed by atoms with Crippen LogP contribution in [0.2, 0.25) is 0 Å². The Morgan fingerprint density at radius 1 is 0.652 bits per heavy atom. The fourth-order valence-corrected chi connectivity index (χ4v) is 21.0. The van der Waals surface area contributed by atoms with Crippen LogP contribution in [-0.2, 0) is 31.8 Å². The summed E-state index contributed by atoms with van der Waals surface area (Å²) in [6, 6.07) is 28.5. The molecule has 6 rings (SSSR count). The molecule has 0 N–H and O–H groups in total. The van der Waals surface area contributed by atoms with Crippen LogP contribution in [0, 0.1) is 13.8 Å². The monoisotopic (exact) mass is 942 g/mol. The number of hydrogen-bond donors (Lipinski definition) is 0. The van der Waals surface area contributed by atoms with Crippen LogP contribution in [0.3, 0.4) is 0 Å². The summed E-state index contributed by atoms with van der Waals surface area (Å²) in [5.41, 5.74) is 14.7. The van der Waals surface area contributed by atoms with E-state index in [0.29, 0.717) is 3.67 Å². The first-order valence-corrected chi connectivity index (χ1v) is 22.9. The van der Waals surface area contributed by atoms with Crippen molar-refractivity contribution in [3.8, 4) is 11.1 Å². The Labute approximate surface area is 313 Å². The molecular formula is C41H42Br2Cl2Hf. The Morgan fingerprint density at radius 2 is 1.07 bits per heavy atom. The minimum Gasteiger partial charge on any atom is -1.00 e. The van der Waals surface area contributed by atoms with Crippen LogP contribution >= 0.6 is 31.9 Å². The fourth-order valence-electron chi connectivity index (χ4n) is 7.35. The van der Waals surface area contributed by atoms with Gasteiger partial charge >= 0.3 is 291 Å². The molecule has 0 unspecified atom stereocenters. The fraction of sp³-hybridized carbons (Fsp3) is 0.293. The summed E-state index contributed by atoms with van der Waals surface area (Å²) in [7, 11) is 0. The van der Waals surface area contributed by atoms with Gasteiger partial charge in [-0.15, -0.1) is 0 Å². The second-order valence-corrected chi connectivity index (χ2v) is 25.6. The number of benzene rings is 4. The molecule has 0 atom stereocenters. The summed E-state index contributed by atoms with van der Waals surface area (Å²) >= 11 is 4.45. The van der Waals surface area contributed by atoms with Crippen molar-refractivity contribution in [2.75, 3.05) is 0 Å². The average molecular weight is 944 g/mol. The van der Waals surface area contributed by atoms with Gasteiger partial charge in [-0.3, -0.25) is 0 Å². The van der Waals surface area contributed by atoms with Crippen molar-refractivity contribution in [1.29, 1.82) is 0 Å². The summed E-state index contributed by atoms with van der Waals surface area (Å²) in [6.45, 7) is 18.8. The third kappa shape index (κ3) is 7.16. The Balaban J connectivity index is 0.00000240. The molecule has 0 spiro atoms. The van der Waals surface area contributed by atoms with Crippen molar-refractivity contribution < 1.29 is 45.8 Å². The molecule has 5 heteroatoms. The molecule has 46 heavy (non-hydrogen) atoms. The largest absolute Gasteiger partial charge is 1.00 e. The van der Waals surface area contributed by atoms with Gasteiger partial charge in [0.25, 0.3) is 0 Å². The minimum atomic E-state index is -2.98. The van der Waals surface area contributed by atoms with Crippen LogP contribution in [0.15, 0.2) is 103 Å². The van der Waals surface area contributed by atoms with Gasteiger partial charge in [0.05, 0.1) is 0 Å². The number of fused-ring (bicyclic) bond motifs is 3. The van der Waals surface area contributed by atoms with Gasteiger partial charge < -0.3 is 24.8 Å². The molecule has 0 nitrogen and oxygen atoms in total. The van der Waals surface area contributed by atoms with Gasteiger partial charge in [-0.2, -0.15) is 0 Å².